The molecule has 2 heterocycles. The number of aliphatic hydroxyl groups excluding tert-OH is 1. The Morgan fingerprint density at radius 2 is 1.94 bits per heavy atom. The number of para-hydroxylation sites is 1. The summed E-state index contributed by atoms with van der Waals surface area (Å²) < 4.78 is 11.1. The normalized spacial score (nSPS) is 12.4. The van der Waals surface area contributed by atoms with Gasteiger partial charge in [0.1, 0.15) is 29.1 Å². The molecular formula is C15H12O3. The van der Waals surface area contributed by atoms with Gasteiger partial charge in [-0.3, -0.25) is 0 Å². The van der Waals surface area contributed by atoms with E-state index in [1.54, 1.807) is 18.2 Å². The Kier molecular flexibility index (Phi) is 2.54. The second kappa shape index (κ2) is 4.20. The van der Waals surface area contributed by atoms with Gasteiger partial charge in [-0.25, -0.2) is 0 Å². The van der Waals surface area contributed by atoms with Gasteiger partial charge in [-0.1, -0.05) is 24.8 Å². The van der Waals surface area contributed by atoms with E-state index in [-0.39, 0.29) is 6.61 Å². The van der Waals surface area contributed by atoms with Crippen LogP contribution in [0, 0.1) is 0 Å². The van der Waals surface area contributed by atoms with Gasteiger partial charge in [0.25, 0.3) is 0 Å². The fraction of sp³-hybridized carbons (Fsp3) is 0.0667. The van der Waals surface area contributed by atoms with Crippen molar-refractivity contribution in [3.8, 4) is 0 Å². The van der Waals surface area contributed by atoms with Gasteiger partial charge >= 0.3 is 0 Å². The van der Waals surface area contributed by atoms with E-state index < -0.39 is 0 Å². The molecule has 3 rings (SSSR count). The molecule has 3 aromatic rings. The molecule has 0 aliphatic rings. The van der Waals surface area contributed by atoms with Gasteiger partial charge < -0.3 is 13.9 Å². The van der Waals surface area contributed by atoms with Crippen molar-refractivity contribution in [2.45, 2.75) is 6.61 Å². The predicted molar refractivity (Wildman–Crippen MR) is 69.2 cm³/mol. The Morgan fingerprint density at radius 1 is 1.11 bits per heavy atom. The first-order chi connectivity index (χ1) is 8.78. The molecule has 0 unspecified atom stereocenters. The Hall–Kier alpha value is -2.26. The van der Waals surface area contributed by atoms with E-state index in [1.807, 2.05) is 24.3 Å². The molecule has 2 aromatic heterocycles. The first-order valence-corrected chi connectivity index (χ1v) is 5.66. The van der Waals surface area contributed by atoms with Crippen molar-refractivity contribution >= 4 is 23.6 Å². The average Bonchev–Trinajstić information content (AvgIpc) is 2.97. The van der Waals surface area contributed by atoms with Gasteiger partial charge in [0, 0.05) is 16.7 Å². The van der Waals surface area contributed by atoms with Crippen LogP contribution in [0.25, 0.3) is 23.6 Å². The predicted octanol–water partition coefficient (Wildman–Crippen LogP) is 1.76. The molecular weight excluding hydrogens is 228 g/mol. The van der Waals surface area contributed by atoms with Crippen LogP contribution in [0.2, 0.25) is 0 Å². The zero-order chi connectivity index (χ0) is 12.5. The summed E-state index contributed by atoms with van der Waals surface area (Å²) in [5, 5.41) is 10.8. The monoisotopic (exact) mass is 240 g/mol. The van der Waals surface area contributed by atoms with Crippen molar-refractivity contribution < 1.29 is 13.9 Å². The third-order valence-electron chi connectivity index (χ3n) is 2.84. The highest BCUT2D eigenvalue weighted by Gasteiger charge is 2.02. The number of fused-ring (bicyclic) bond motifs is 1. The van der Waals surface area contributed by atoms with E-state index >= 15 is 0 Å². The van der Waals surface area contributed by atoms with Gasteiger partial charge in [0.15, 0.2) is 0 Å². The molecule has 0 radical (unpaired) electrons. The number of furan rings is 2. The van der Waals surface area contributed by atoms with Crippen LogP contribution < -0.4 is 10.6 Å². The van der Waals surface area contributed by atoms with E-state index in [2.05, 4.69) is 6.58 Å². The fourth-order valence-corrected chi connectivity index (χ4v) is 1.92. The second-order valence-corrected chi connectivity index (χ2v) is 4.05. The molecule has 0 amide bonds. The number of hydrogen-bond donors (Lipinski definition) is 1. The minimum Gasteiger partial charge on any atom is -0.459 e. The number of rotatable bonds is 2. The van der Waals surface area contributed by atoms with E-state index in [4.69, 9.17) is 13.9 Å². The quantitative estimate of drug-likeness (QED) is 0.742. The minimum atomic E-state index is -0.106. The van der Waals surface area contributed by atoms with E-state index in [9.17, 15) is 0 Å². The fourth-order valence-electron chi connectivity index (χ4n) is 1.92. The SMILES string of the molecule is C=c1/c(=C/c2ccc(CO)o2)oc2ccccc12. The molecule has 0 saturated carbocycles. The summed E-state index contributed by atoms with van der Waals surface area (Å²) in [5.41, 5.74) is 1.48. The summed E-state index contributed by atoms with van der Waals surface area (Å²) in [4.78, 5) is 0. The maximum absolute atomic E-state index is 8.94. The lowest BCUT2D eigenvalue weighted by atomic mass is 10.2. The molecule has 3 nitrogen and oxygen atoms in total. The smallest absolute Gasteiger partial charge is 0.138 e. The molecule has 1 N–H and O–H groups in total. The summed E-state index contributed by atoms with van der Waals surface area (Å²) in [6.45, 7) is 3.91. The van der Waals surface area contributed by atoms with Crippen LogP contribution in [-0.4, -0.2) is 5.11 Å². The summed E-state index contributed by atoms with van der Waals surface area (Å²) in [6, 6.07) is 11.3. The molecule has 0 fully saturated rings. The molecule has 0 bridgehead atoms. The first-order valence-electron chi connectivity index (χ1n) is 5.66. The average molecular weight is 240 g/mol. The third kappa shape index (κ3) is 1.75. The highest BCUT2D eigenvalue weighted by atomic mass is 16.4. The van der Waals surface area contributed by atoms with Crippen molar-refractivity contribution in [2.24, 2.45) is 0 Å². The summed E-state index contributed by atoms with van der Waals surface area (Å²) in [7, 11) is 0. The Bertz CT molecular complexity index is 793. The summed E-state index contributed by atoms with van der Waals surface area (Å²) >= 11 is 0. The lowest BCUT2D eigenvalue weighted by Crippen LogP contribution is -2.17. The Balaban J connectivity index is 2.19. The summed E-state index contributed by atoms with van der Waals surface area (Å²) in [6.07, 6.45) is 1.78. The van der Waals surface area contributed by atoms with E-state index in [0.29, 0.717) is 16.9 Å². The number of aliphatic hydroxyl groups is 1. The van der Waals surface area contributed by atoms with Crippen LogP contribution in [0.1, 0.15) is 11.5 Å². The van der Waals surface area contributed by atoms with E-state index in [0.717, 1.165) is 16.2 Å². The van der Waals surface area contributed by atoms with Gasteiger partial charge in [-0.05, 0) is 18.2 Å². The number of hydrogen-bond acceptors (Lipinski definition) is 3. The molecule has 0 saturated heterocycles. The van der Waals surface area contributed by atoms with Crippen LogP contribution in [0.3, 0.4) is 0 Å². The maximum atomic E-state index is 8.94. The molecule has 1 aromatic carbocycles. The topological polar surface area (TPSA) is 46.5 Å². The van der Waals surface area contributed by atoms with Gasteiger partial charge in [-0.2, -0.15) is 0 Å². The van der Waals surface area contributed by atoms with Crippen LogP contribution in [-0.2, 0) is 6.61 Å². The third-order valence-corrected chi connectivity index (χ3v) is 2.84. The highest BCUT2D eigenvalue weighted by Crippen LogP contribution is 2.09. The van der Waals surface area contributed by atoms with Crippen LogP contribution in [0.15, 0.2) is 45.2 Å². The lowest BCUT2D eigenvalue weighted by Gasteiger charge is -1.85. The molecule has 90 valence electrons. The number of benzene rings is 1. The molecule has 3 heteroatoms. The van der Waals surface area contributed by atoms with Crippen LogP contribution in [0.4, 0.5) is 0 Å². The highest BCUT2D eigenvalue weighted by molar-refractivity contribution is 5.78. The zero-order valence-corrected chi connectivity index (χ0v) is 9.72. The van der Waals surface area contributed by atoms with E-state index in [1.165, 1.54) is 0 Å². The van der Waals surface area contributed by atoms with Crippen molar-refractivity contribution in [3.63, 3.8) is 0 Å². The van der Waals surface area contributed by atoms with Gasteiger partial charge in [-0.15, -0.1) is 0 Å². The standard InChI is InChI=1S/C15H12O3/c1-10-13-4-2-3-5-14(13)18-15(10)8-11-6-7-12(9-16)17-11/h2-8,16H,1,9H2/b15-8-. The Morgan fingerprint density at radius 3 is 2.67 bits per heavy atom. The van der Waals surface area contributed by atoms with Gasteiger partial charge in [0.05, 0.1) is 0 Å². The van der Waals surface area contributed by atoms with Crippen LogP contribution in [0.5, 0.6) is 0 Å². The molecule has 0 spiro atoms. The maximum Gasteiger partial charge on any atom is 0.138 e. The molecule has 18 heavy (non-hydrogen) atoms. The van der Waals surface area contributed by atoms with Crippen LogP contribution >= 0.6 is 0 Å². The van der Waals surface area contributed by atoms with Gasteiger partial charge in [0.2, 0.25) is 0 Å². The largest absolute Gasteiger partial charge is 0.459 e. The molecule has 0 aliphatic heterocycles. The summed E-state index contributed by atoms with van der Waals surface area (Å²) in [5.74, 6) is 1.17. The zero-order valence-electron chi connectivity index (χ0n) is 9.72. The molecule has 0 atom stereocenters. The second-order valence-electron chi connectivity index (χ2n) is 4.05. The van der Waals surface area contributed by atoms with Crippen molar-refractivity contribution in [1.29, 1.82) is 0 Å². The lowest BCUT2D eigenvalue weighted by molar-refractivity contribution is 0.246. The van der Waals surface area contributed by atoms with Crippen molar-refractivity contribution in [3.05, 3.63) is 58.6 Å². The molecule has 0 aliphatic carbocycles. The van der Waals surface area contributed by atoms with Crippen molar-refractivity contribution in [2.75, 3.05) is 0 Å². The first kappa shape index (κ1) is 10.9. The minimum absolute atomic E-state index is 0.106. The van der Waals surface area contributed by atoms with Crippen molar-refractivity contribution in [1.82, 2.24) is 0 Å². The Labute approximate surface area is 103 Å².